The van der Waals surface area contributed by atoms with Crippen molar-refractivity contribution in [2.75, 3.05) is 0 Å². The molecular weight excluding hydrogens is 304 g/mol. The second-order valence-electron chi connectivity index (χ2n) is 6.68. The van der Waals surface area contributed by atoms with Gasteiger partial charge in [-0.15, -0.1) is 0 Å². The molecule has 1 aromatic heterocycles. The second-order valence-corrected chi connectivity index (χ2v) is 6.68. The van der Waals surface area contributed by atoms with E-state index in [4.69, 9.17) is 0 Å². The highest BCUT2D eigenvalue weighted by atomic mass is 19.1. The van der Waals surface area contributed by atoms with Crippen LogP contribution in [-0.4, -0.2) is 21.7 Å². The fourth-order valence-corrected chi connectivity index (χ4v) is 3.24. The summed E-state index contributed by atoms with van der Waals surface area (Å²) in [7, 11) is -1.44. The maximum atomic E-state index is 13.5. The van der Waals surface area contributed by atoms with Gasteiger partial charge < -0.3 is 14.6 Å². The summed E-state index contributed by atoms with van der Waals surface area (Å²) in [5, 5.41) is 19.3. The third-order valence-electron chi connectivity index (χ3n) is 4.75. The Balaban J connectivity index is 1.69. The summed E-state index contributed by atoms with van der Waals surface area (Å²) in [5.41, 5.74) is 3.83. The van der Waals surface area contributed by atoms with Gasteiger partial charge in [0.05, 0.1) is 0 Å². The van der Waals surface area contributed by atoms with Crippen molar-refractivity contribution < 1.29 is 14.4 Å². The number of halogens is 1. The maximum Gasteiger partial charge on any atom is 0.488 e. The van der Waals surface area contributed by atoms with E-state index in [1.165, 1.54) is 24.6 Å². The molecule has 0 saturated heterocycles. The topological polar surface area (TPSA) is 45.4 Å². The van der Waals surface area contributed by atoms with Gasteiger partial charge in [0.15, 0.2) is 0 Å². The zero-order valence-electron chi connectivity index (χ0n) is 13.3. The molecule has 0 bridgehead atoms. The van der Waals surface area contributed by atoms with Gasteiger partial charge in [0, 0.05) is 29.6 Å². The first kappa shape index (κ1) is 15.4. The molecule has 0 spiro atoms. The molecule has 3 aromatic rings. The average Bonchev–Trinajstić information content (AvgIpc) is 3.31. The lowest BCUT2D eigenvalue weighted by atomic mass is 9.80. The van der Waals surface area contributed by atoms with Crippen molar-refractivity contribution in [1.29, 1.82) is 0 Å². The van der Waals surface area contributed by atoms with Crippen LogP contribution in [0.5, 0.6) is 0 Å². The third-order valence-corrected chi connectivity index (χ3v) is 4.75. The Bertz CT molecular complexity index is 869. The summed E-state index contributed by atoms with van der Waals surface area (Å²) in [4.78, 5) is 0. The highest BCUT2D eigenvalue weighted by molar-refractivity contribution is 6.58. The minimum absolute atomic E-state index is 0.209. The molecule has 5 heteroatoms. The highest BCUT2D eigenvalue weighted by Crippen LogP contribution is 2.33. The van der Waals surface area contributed by atoms with Crippen LogP contribution < -0.4 is 5.46 Å². The normalized spacial score (nSPS) is 14.3. The van der Waals surface area contributed by atoms with Crippen molar-refractivity contribution in [2.45, 2.75) is 25.8 Å². The first-order chi connectivity index (χ1) is 11.6. The average molecular weight is 323 g/mol. The molecule has 2 N–H and O–H groups in total. The van der Waals surface area contributed by atoms with Gasteiger partial charge in [0.1, 0.15) is 5.82 Å². The molecule has 4 rings (SSSR count). The van der Waals surface area contributed by atoms with Crippen molar-refractivity contribution >= 4 is 23.5 Å². The molecule has 1 saturated carbocycles. The van der Waals surface area contributed by atoms with Crippen LogP contribution in [0.25, 0.3) is 10.9 Å². The molecular formula is C19H19BFNO2. The molecule has 0 amide bonds. The molecule has 0 aliphatic heterocycles. The monoisotopic (exact) mass is 323 g/mol. The molecule has 0 unspecified atom stereocenters. The van der Waals surface area contributed by atoms with E-state index >= 15 is 0 Å². The smallest absolute Gasteiger partial charge is 0.423 e. The SMILES string of the molecule is OB(O)c1ccc(Cc2cc3cc(F)ccc3n2CC2CC2)cc1. The minimum atomic E-state index is -1.44. The van der Waals surface area contributed by atoms with Crippen LogP contribution in [0.2, 0.25) is 0 Å². The first-order valence-electron chi connectivity index (χ1n) is 8.33. The lowest BCUT2D eigenvalue weighted by Gasteiger charge is -2.11. The predicted octanol–water partition coefficient (Wildman–Crippen LogP) is 2.46. The summed E-state index contributed by atoms with van der Waals surface area (Å²) in [5.74, 6) is 0.523. The quantitative estimate of drug-likeness (QED) is 0.709. The molecule has 1 heterocycles. The second kappa shape index (κ2) is 6.08. The molecule has 3 nitrogen and oxygen atoms in total. The van der Waals surface area contributed by atoms with Crippen molar-refractivity contribution in [2.24, 2.45) is 5.92 Å². The van der Waals surface area contributed by atoms with Crippen LogP contribution in [0, 0.1) is 11.7 Å². The fourth-order valence-electron chi connectivity index (χ4n) is 3.24. The van der Waals surface area contributed by atoms with Crippen LogP contribution in [0.15, 0.2) is 48.5 Å². The minimum Gasteiger partial charge on any atom is -0.423 e. The van der Waals surface area contributed by atoms with Crippen molar-refractivity contribution in [3.63, 3.8) is 0 Å². The number of nitrogens with zero attached hydrogens (tertiary/aromatic N) is 1. The molecule has 2 aromatic carbocycles. The van der Waals surface area contributed by atoms with Gasteiger partial charge in [-0.25, -0.2) is 4.39 Å². The Hall–Kier alpha value is -2.11. The van der Waals surface area contributed by atoms with E-state index in [-0.39, 0.29) is 5.82 Å². The van der Waals surface area contributed by atoms with Crippen LogP contribution in [0.3, 0.4) is 0 Å². The summed E-state index contributed by atoms with van der Waals surface area (Å²) >= 11 is 0. The van der Waals surface area contributed by atoms with Gasteiger partial charge in [0.2, 0.25) is 0 Å². The van der Waals surface area contributed by atoms with Gasteiger partial charge in [-0.1, -0.05) is 24.3 Å². The molecule has 122 valence electrons. The number of rotatable bonds is 5. The summed E-state index contributed by atoms with van der Waals surface area (Å²) in [6.45, 7) is 0.984. The van der Waals surface area contributed by atoms with Gasteiger partial charge in [-0.2, -0.15) is 0 Å². The largest absolute Gasteiger partial charge is 0.488 e. The number of aromatic nitrogens is 1. The molecule has 0 atom stereocenters. The molecule has 1 aliphatic rings. The lowest BCUT2D eigenvalue weighted by Crippen LogP contribution is -2.29. The van der Waals surface area contributed by atoms with Crippen LogP contribution >= 0.6 is 0 Å². The van der Waals surface area contributed by atoms with Crippen molar-refractivity contribution in [3.05, 3.63) is 65.6 Å². The van der Waals surface area contributed by atoms with Crippen LogP contribution in [0.4, 0.5) is 4.39 Å². The Morgan fingerprint density at radius 1 is 1.04 bits per heavy atom. The van der Waals surface area contributed by atoms with E-state index in [0.29, 0.717) is 5.46 Å². The summed E-state index contributed by atoms with van der Waals surface area (Å²) < 4.78 is 15.8. The fraction of sp³-hybridized carbons (Fsp3) is 0.263. The zero-order valence-corrected chi connectivity index (χ0v) is 13.3. The van der Waals surface area contributed by atoms with Gasteiger partial charge in [0.25, 0.3) is 0 Å². The number of hydrogen-bond acceptors (Lipinski definition) is 2. The van der Waals surface area contributed by atoms with Gasteiger partial charge in [-0.3, -0.25) is 0 Å². The molecule has 1 aliphatic carbocycles. The predicted molar refractivity (Wildman–Crippen MR) is 93.7 cm³/mol. The van der Waals surface area contributed by atoms with Crippen LogP contribution in [0.1, 0.15) is 24.1 Å². The number of fused-ring (bicyclic) bond motifs is 1. The maximum absolute atomic E-state index is 13.5. The van der Waals surface area contributed by atoms with E-state index in [9.17, 15) is 14.4 Å². The van der Waals surface area contributed by atoms with Gasteiger partial charge >= 0.3 is 7.12 Å². The van der Waals surface area contributed by atoms with Crippen molar-refractivity contribution in [3.8, 4) is 0 Å². The van der Waals surface area contributed by atoms with Crippen molar-refractivity contribution in [1.82, 2.24) is 4.57 Å². The molecule has 24 heavy (non-hydrogen) atoms. The Kier molecular flexibility index (Phi) is 3.90. The summed E-state index contributed by atoms with van der Waals surface area (Å²) in [6, 6.07) is 14.3. The first-order valence-corrected chi connectivity index (χ1v) is 8.33. The Morgan fingerprint density at radius 2 is 1.79 bits per heavy atom. The molecule has 1 fully saturated rings. The number of benzene rings is 2. The highest BCUT2D eigenvalue weighted by Gasteiger charge is 2.23. The van der Waals surface area contributed by atoms with Crippen LogP contribution in [-0.2, 0) is 13.0 Å². The Morgan fingerprint density at radius 3 is 2.46 bits per heavy atom. The third kappa shape index (κ3) is 3.10. The molecule has 0 radical (unpaired) electrons. The van der Waals surface area contributed by atoms with E-state index < -0.39 is 7.12 Å². The standard InChI is InChI=1S/C19H19BFNO2/c21-17-7-8-19-15(10-17)11-18(22(19)12-14-1-2-14)9-13-3-5-16(6-4-13)20(23)24/h3-8,10-11,14,23-24H,1-2,9,12H2. The number of hydrogen-bond donors (Lipinski definition) is 2. The lowest BCUT2D eigenvalue weighted by molar-refractivity contribution is 0.426. The Labute approximate surface area is 140 Å². The van der Waals surface area contributed by atoms with E-state index in [0.717, 1.165) is 35.3 Å². The van der Waals surface area contributed by atoms with E-state index in [2.05, 4.69) is 10.6 Å². The van der Waals surface area contributed by atoms with E-state index in [1.54, 1.807) is 18.2 Å². The van der Waals surface area contributed by atoms with Gasteiger partial charge in [-0.05, 0) is 54.1 Å². The summed E-state index contributed by atoms with van der Waals surface area (Å²) in [6.07, 6.45) is 3.28. The van der Waals surface area contributed by atoms with E-state index in [1.807, 2.05) is 18.2 Å². The zero-order chi connectivity index (χ0) is 16.7.